The predicted octanol–water partition coefficient (Wildman–Crippen LogP) is 1.88. The molecule has 4 rings (SSSR count). The van der Waals surface area contributed by atoms with Crippen molar-refractivity contribution in [3.8, 4) is 6.07 Å². The maximum absolute atomic E-state index is 9.38. The molecule has 0 radical (unpaired) electrons. The van der Waals surface area contributed by atoms with Gasteiger partial charge in [0, 0.05) is 23.7 Å². The first kappa shape index (κ1) is 14.3. The SMILES string of the molecule is CSC1(C)N=c2cccc3c2=C1C[C@@H]1C3CC(C#N)CN1C. The monoisotopic (exact) mass is 311 g/mol. The standard InChI is InChI=1S/C18H21N3S/c1-18(22-3)14-8-16-13(7-11(9-19)10-21(16)2)12-5-4-6-15(20-18)17(12)14/h4-6,11,13,16H,7-8,10H2,1-3H3/t11?,13?,16-,18?/m1/s1. The number of hydrogen-bond donors (Lipinski definition) is 0. The highest BCUT2D eigenvalue weighted by molar-refractivity contribution is 8.00. The molecule has 3 unspecified atom stereocenters. The number of nitrogens with zero attached hydrogens (tertiary/aromatic N) is 3. The van der Waals surface area contributed by atoms with Crippen LogP contribution in [0.2, 0.25) is 0 Å². The first-order valence-corrected chi connectivity index (χ1v) is 9.17. The van der Waals surface area contributed by atoms with Crippen LogP contribution in [0.25, 0.3) is 5.57 Å². The lowest BCUT2D eigenvalue weighted by Crippen LogP contribution is -2.50. The Morgan fingerprint density at radius 1 is 1.45 bits per heavy atom. The van der Waals surface area contributed by atoms with Gasteiger partial charge in [-0.25, -0.2) is 0 Å². The fourth-order valence-electron chi connectivity index (χ4n) is 4.54. The van der Waals surface area contributed by atoms with Crippen molar-refractivity contribution in [1.29, 1.82) is 5.26 Å². The van der Waals surface area contributed by atoms with E-state index in [1.807, 2.05) is 11.8 Å². The molecule has 4 heteroatoms. The number of benzene rings is 1. The molecule has 2 aliphatic heterocycles. The molecule has 114 valence electrons. The molecule has 0 aromatic heterocycles. The maximum Gasteiger partial charge on any atom is 0.126 e. The van der Waals surface area contributed by atoms with Gasteiger partial charge in [0.25, 0.3) is 0 Å². The maximum atomic E-state index is 9.38. The van der Waals surface area contributed by atoms with Crippen molar-refractivity contribution in [2.45, 2.75) is 36.6 Å². The number of hydrogen-bond acceptors (Lipinski definition) is 4. The summed E-state index contributed by atoms with van der Waals surface area (Å²) < 4.78 is 0. The molecule has 3 aliphatic rings. The van der Waals surface area contributed by atoms with Crippen molar-refractivity contribution < 1.29 is 0 Å². The van der Waals surface area contributed by atoms with Gasteiger partial charge in [-0.1, -0.05) is 12.1 Å². The zero-order chi connectivity index (χ0) is 15.5. The van der Waals surface area contributed by atoms with Gasteiger partial charge in [0.15, 0.2) is 0 Å². The van der Waals surface area contributed by atoms with Gasteiger partial charge in [-0.2, -0.15) is 5.26 Å². The van der Waals surface area contributed by atoms with E-state index in [2.05, 4.69) is 49.4 Å². The summed E-state index contributed by atoms with van der Waals surface area (Å²) in [5.74, 6) is 0.621. The summed E-state index contributed by atoms with van der Waals surface area (Å²) in [7, 11) is 2.18. The minimum atomic E-state index is -0.115. The molecule has 1 aromatic rings. The molecule has 0 N–H and O–H groups in total. The highest BCUT2D eigenvalue weighted by Gasteiger charge is 2.44. The molecule has 0 saturated carbocycles. The molecule has 1 aliphatic carbocycles. The molecule has 0 bridgehead atoms. The summed E-state index contributed by atoms with van der Waals surface area (Å²) in [5, 5.41) is 11.9. The van der Waals surface area contributed by atoms with Crippen molar-refractivity contribution in [2.24, 2.45) is 10.9 Å². The average molecular weight is 311 g/mol. The first-order valence-electron chi connectivity index (χ1n) is 7.95. The van der Waals surface area contributed by atoms with Crippen molar-refractivity contribution >= 4 is 17.3 Å². The molecular weight excluding hydrogens is 290 g/mol. The summed E-state index contributed by atoms with van der Waals surface area (Å²) in [6.07, 6.45) is 4.24. The summed E-state index contributed by atoms with van der Waals surface area (Å²) >= 11 is 1.84. The van der Waals surface area contributed by atoms with Crippen molar-refractivity contribution in [3.63, 3.8) is 0 Å². The third kappa shape index (κ3) is 1.82. The van der Waals surface area contributed by atoms with Crippen LogP contribution >= 0.6 is 11.8 Å². The quantitative estimate of drug-likeness (QED) is 0.795. The molecule has 22 heavy (non-hydrogen) atoms. The predicted molar refractivity (Wildman–Crippen MR) is 90.0 cm³/mol. The van der Waals surface area contributed by atoms with Crippen LogP contribution in [0, 0.1) is 17.2 Å². The molecule has 4 atom stereocenters. The van der Waals surface area contributed by atoms with E-state index >= 15 is 0 Å². The number of likely N-dealkylation sites (N-methyl/N-ethyl adjacent to an activating group) is 1. The third-order valence-electron chi connectivity index (χ3n) is 5.74. The van der Waals surface area contributed by atoms with Crippen LogP contribution in [0.1, 0.15) is 31.2 Å². The molecule has 1 saturated heterocycles. The number of likely N-dealkylation sites (tertiary alicyclic amines) is 1. The van der Waals surface area contributed by atoms with Crippen LogP contribution in [-0.2, 0) is 0 Å². The van der Waals surface area contributed by atoms with Gasteiger partial charge in [-0.15, -0.1) is 11.8 Å². The van der Waals surface area contributed by atoms with Gasteiger partial charge in [0.1, 0.15) is 4.87 Å². The van der Waals surface area contributed by atoms with Gasteiger partial charge in [0.2, 0.25) is 0 Å². The smallest absolute Gasteiger partial charge is 0.126 e. The van der Waals surface area contributed by atoms with Crippen LogP contribution in [0.4, 0.5) is 0 Å². The normalized spacial score (nSPS) is 36.3. The molecule has 0 spiro atoms. The summed E-state index contributed by atoms with van der Waals surface area (Å²) in [5.41, 5.74) is 2.92. The van der Waals surface area contributed by atoms with Crippen molar-refractivity contribution in [2.75, 3.05) is 19.8 Å². The van der Waals surface area contributed by atoms with E-state index in [4.69, 9.17) is 4.99 Å². The van der Waals surface area contributed by atoms with Crippen molar-refractivity contribution in [3.05, 3.63) is 34.3 Å². The Balaban J connectivity index is 1.93. The van der Waals surface area contributed by atoms with Crippen LogP contribution in [0.5, 0.6) is 0 Å². The second-order valence-corrected chi connectivity index (χ2v) is 8.10. The van der Waals surface area contributed by atoms with E-state index in [1.54, 1.807) is 0 Å². The van der Waals surface area contributed by atoms with Crippen LogP contribution < -0.4 is 10.6 Å². The Morgan fingerprint density at radius 3 is 3.00 bits per heavy atom. The molecule has 1 fully saturated rings. The second kappa shape index (κ2) is 4.84. The molecule has 1 aromatic carbocycles. The summed E-state index contributed by atoms with van der Waals surface area (Å²) in [6, 6.07) is 9.56. The number of thioether (sulfide) groups is 1. The largest absolute Gasteiger partial charge is 0.301 e. The number of rotatable bonds is 1. The highest BCUT2D eigenvalue weighted by Crippen LogP contribution is 2.45. The number of piperidine rings is 1. The number of fused-ring (bicyclic) bond motifs is 2. The zero-order valence-corrected chi connectivity index (χ0v) is 14.2. The van der Waals surface area contributed by atoms with Gasteiger partial charge < -0.3 is 4.90 Å². The van der Waals surface area contributed by atoms with Crippen LogP contribution in [-0.4, -0.2) is 35.7 Å². The Labute approximate surface area is 135 Å². The molecule has 0 amide bonds. The lowest BCUT2D eigenvalue weighted by atomic mass is 9.72. The fourth-order valence-corrected chi connectivity index (χ4v) is 5.16. The molecule has 3 nitrogen and oxygen atoms in total. The highest BCUT2D eigenvalue weighted by atomic mass is 32.2. The molecule has 2 heterocycles. The van der Waals surface area contributed by atoms with E-state index in [9.17, 15) is 5.26 Å². The van der Waals surface area contributed by atoms with Gasteiger partial charge in [-0.05, 0) is 50.3 Å². The van der Waals surface area contributed by atoms with Gasteiger partial charge >= 0.3 is 0 Å². The Kier molecular flexibility index (Phi) is 3.15. The van der Waals surface area contributed by atoms with E-state index < -0.39 is 0 Å². The van der Waals surface area contributed by atoms with Gasteiger partial charge in [0.05, 0.1) is 17.3 Å². The average Bonchev–Trinajstić information content (AvgIpc) is 2.82. The van der Waals surface area contributed by atoms with E-state index in [0.29, 0.717) is 12.0 Å². The van der Waals surface area contributed by atoms with Gasteiger partial charge in [-0.3, -0.25) is 4.99 Å². The third-order valence-corrected chi connectivity index (χ3v) is 6.87. The van der Waals surface area contributed by atoms with E-state index in [0.717, 1.165) is 24.7 Å². The minimum Gasteiger partial charge on any atom is -0.301 e. The summed E-state index contributed by atoms with van der Waals surface area (Å²) in [6.45, 7) is 3.14. The Hall–Kier alpha value is -1.31. The lowest BCUT2D eigenvalue weighted by Gasteiger charge is -2.45. The van der Waals surface area contributed by atoms with Crippen LogP contribution in [0.3, 0.4) is 0 Å². The number of nitriles is 1. The van der Waals surface area contributed by atoms with E-state index in [-0.39, 0.29) is 10.8 Å². The minimum absolute atomic E-state index is 0.115. The fraction of sp³-hybridized carbons (Fsp3) is 0.556. The van der Waals surface area contributed by atoms with Crippen LogP contribution in [0.15, 0.2) is 23.2 Å². The second-order valence-electron chi connectivity index (χ2n) is 6.90. The lowest BCUT2D eigenvalue weighted by molar-refractivity contribution is 0.133. The Bertz CT molecular complexity index is 794. The summed E-state index contributed by atoms with van der Waals surface area (Å²) in [4.78, 5) is 7.31. The van der Waals surface area contributed by atoms with Crippen molar-refractivity contribution in [1.82, 2.24) is 4.90 Å². The zero-order valence-electron chi connectivity index (χ0n) is 13.3. The molecular formula is C18H21N3S. The first-order chi connectivity index (χ1) is 10.6. The topological polar surface area (TPSA) is 39.4 Å². The van der Waals surface area contributed by atoms with E-state index in [1.165, 1.54) is 16.4 Å². The Morgan fingerprint density at radius 2 is 2.27 bits per heavy atom.